The molecular formula is C17H21N3O5S. The second-order valence-corrected chi connectivity index (χ2v) is 8.35. The van der Waals surface area contributed by atoms with Crippen LogP contribution in [0, 0.1) is 5.92 Å². The van der Waals surface area contributed by atoms with Crippen molar-refractivity contribution in [3.63, 3.8) is 0 Å². The fraction of sp³-hybridized carbons (Fsp3) is 0.353. The number of benzene rings is 1. The predicted octanol–water partition coefficient (Wildman–Crippen LogP) is 0.136. The molecule has 3 amide bonds. The van der Waals surface area contributed by atoms with E-state index in [-0.39, 0.29) is 29.5 Å². The van der Waals surface area contributed by atoms with Gasteiger partial charge in [0.1, 0.15) is 5.70 Å². The second-order valence-electron chi connectivity index (χ2n) is 6.13. The minimum absolute atomic E-state index is 0.0113. The van der Waals surface area contributed by atoms with Gasteiger partial charge in [-0.15, -0.1) is 0 Å². The molecule has 1 aromatic rings. The lowest BCUT2D eigenvalue weighted by atomic mass is 10.1. The number of hydrogen-bond donors (Lipinski definition) is 3. The molecule has 9 heteroatoms. The number of amides is 3. The number of sulfone groups is 1. The minimum atomic E-state index is -3.06. The Balaban J connectivity index is 1.93. The van der Waals surface area contributed by atoms with Crippen LogP contribution in [0.2, 0.25) is 0 Å². The van der Waals surface area contributed by atoms with Gasteiger partial charge >= 0.3 is 0 Å². The molecular weight excluding hydrogens is 358 g/mol. The summed E-state index contributed by atoms with van der Waals surface area (Å²) >= 11 is 0. The van der Waals surface area contributed by atoms with Gasteiger partial charge in [-0.3, -0.25) is 25.2 Å². The van der Waals surface area contributed by atoms with Crippen molar-refractivity contribution in [3.8, 4) is 0 Å². The molecule has 0 radical (unpaired) electrons. The van der Waals surface area contributed by atoms with Crippen molar-refractivity contribution in [3.05, 3.63) is 41.6 Å². The van der Waals surface area contributed by atoms with Crippen molar-refractivity contribution in [2.24, 2.45) is 5.92 Å². The largest absolute Gasteiger partial charge is 0.322 e. The van der Waals surface area contributed by atoms with E-state index in [1.165, 1.54) is 13.0 Å². The summed E-state index contributed by atoms with van der Waals surface area (Å²) in [6, 6.07) is 8.90. The third-order valence-corrected chi connectivity index (χ3v) is 5.62. The fourth-order valence-electron chi connectivity index (χ4n) is 2.60. The highest BCUT2D eigenvalue weighted by molar-refractivity contribution is 7.91. The Kier molecular flexibility index (Phi) is 6.51. The van der Waals surface area contributed by atoms with E-state index in [2.05, 4.69) is 16.2 Å². The molecule has 2 rings (SSSR count). The van der Waals surface area contributed by atoms with Crippen LogP contribution >= 0.6 is 0 Å². The molecule has 1 saturated heterocycles. The van der Waals surface area contributed by atoms with Crippen molar-refractivity contribution >= 4 is 33.6 Å². The maximum absolute atomic E-state index is 12.2. The van der Waals surface area contributed by atoms with Gasteiger partial charge < -0.3 is 5.32 Å². The van der Waals surface area contributed by atoms with Gasteiger partial charge in [0.05, 0.1) is 11.5 Å². The number of carbonyl (C=O) groups excluding carboxylic acids is 3. The van der Waals surface area contributed by atoms with Crippen molar-refractivity contribution in [1.82, 2.24) is 16.2 Å². The molecule has 1 aliphatic rings. The summed E-state index contributed by atoms with van der Waals surface area (Å²) in [6.07, 6.45) is 1.93. The van der Waals surface area contributed by atoms with E-state index < -0.39 is 27.6 Å². The van der Waals surface area contributed by atoms with E-state index in [9.17, 15) is 22.8 Å². The van der Waals surface area contributed by atoms with Crippen LogP contribution in [0.15, 0.2) is 36.0 Å². The fourth-order valence-corrected chi connectivity index (χ4v) is 4.47. The van der Waals surface area contributed by atoms with Crippen molar-refractivity contribution in [2.45, 2.75) is 19.8 Å². The van der Waals surface area contributed by atoms with Gasteiger partial charge in [0, 0.05) is 13.3 Å². The Morgan fingerprint density at radius 1 is 1.15 bits per heavy atom. The summed E-state index contributed by atoms with van der Waals surface area (Å²) in [5.41, 5.74) is 5.16. The molecule has 0 saturated carbocycles. The summed E-state index contributed by atoms with van der Waals surface area (Å²) < 4.78 is 22.8. The quantitative estimate of drug-likeness (QED) is 0.496. The molecule has 140 valence electrons. The summed E-state index contributed by atoms with van der Waals surface area (Å²) in [6.45, 7) is 1.27. The molecule has 1 aliphatic heterocycles. The number of nitrogens with one attached hydrogen (secondary N) is 3. The molecule has 1 atom stereocenters. The van der Waals surface area contributed by atoms with Crippen LogP contribution in [0.5, 0.6) is 0 Å². The molecule has 1 fully saturated rings. The lowest BCUT2D eigenvalue weighted by molar-refractivity contribution is -0.128. The van der Waals surface area contributed by atoms with Crippen LogP contribution in [-0.4, -0.2) is 37.6 Å². The highest BCUT2D eigenvalue weighted by Crippen LogP contribution is 2.21. The van der Waals surface area contributed by atoms with Crippen LogP contribution in [0.25, 0.3) is 6.08 Å². The zero-order valence-electron chi connectivity index (χ0n) is 14.3. The first-order valence-corrected chi connectivity index (χ1v) is 9.91. The highest BCUT2D eigenvalue weighted by Gasteiger charge is 2.29. The standard InChI is InChI=1S/C17H21N3O5S/c1-12(21)18-15(9-13-5-3-2-4-6-13)17(23)20-19-16(22)10-14-7-8-26(24,25)11-14/h2-6,9,14H,7-8,10-11H2,1H3,(H,18,21)(H,19,22)(H,20,23)/b15-9-/t14-/m0/s1. The maximum Gasteiger partial charge on any atom is 0.286 e. The van der Waals surface area contributed by atoms with Gasteiger partial charge in [0.2, 0.25) is 11.8 Å². The Bertz CT molecular complexity index is 818. The minimum Gasteiger partial charge on any atom is -0.322 e. The van der Waals surface area contributed by atoms with E-state index in [4.69, 9.17) is 0 Å². The van der Waals surface area contributed by atoms with Gasteiger partial charge in [-0.05, 0) is 24.0 Å². The predicted molar refractivity (Wildman–Crippen MR) is 95.9 cm³/mol. The van der Waals surface area contributed by atoms with Crippen LogP contribution in [0.1, 0.15) is 25.3 Å². The molecule has 8 nitrogen and oxygen atoms in total. The molecule has 1 heterocycles. The molecule has 0 aromatic heterocycles. The van der Waals surface area contributed by atoms with Gasteiger partial charge in [0.15, 0.2) is 9.84 Å². The summed E-state index contributed by atoms with van der Waals surface area (Å²) in [4.78, 5) is 35.4. The lowest BCUT2D eigenvalue weighted by Gasteiger charge is -2.12. The van der Waals surface area contributed by atoms with E-state index in [0.717, 1.165) is 0 Å². The number of rotatable bonds is 5. The molecule has 0 unspecified atom stereocenters. The van der Waals surface area contributed by atoms with Gasteiger partial charge in [0.25, 0.3) is 5.91 Å². The van der Waals surface area contributed by atoms with Crippen LogP contribution < -0.4 is 16.2 Å². The lowest BCUT2D eigenvalue weighted by Crippen LogP contribution is -2.45. The van der Waals surface area contributed by atoms with E-state index in [1.807, 2.05) is 6.07 Å². The first-order valence-electron chi connectivity index (χ1n) is 8.09. The van der Waals surface area contributed by atoms with Crippen molar-refractivity contribution < 1.29 is 22.8 Å². The monoisotopic (exact) mass is 379 g/mol. The summed E-state index contributed by atoms with van der Waals surface area (Å²) in [5.74, 6) is -1.77. The van der Waals surface area contributed by atoms with E-state index in [1.54, 1.807) is 24.3 Å². The molecule has 0 spiro atoms. The SMILES string of the molecule is CC(=O)N/C(=C\c1ccccc1)C(=O)NNC(=O)C[C@@H]1CCS(=O)(=O)C1. The molecule has 0 aliphatic carbocycles. The number of carbonyl (C=O) groups is 3. The number of hydrogen-bond acceptors (Lipinski definition) is 5. The van der Waals surface area contributed by atoms with Crippen molar-refractivity contribution in [1.29, 1.82) is 0 Å². The molecule has 0 bridgehead atoms. The Morgan fingerprint density at radius 3 is 2.42 bits per heavy atom. The van der Waals surface area contributed by atoms with Crippen molar-refractivity contribution in [2.75, 3.05) is 11.5 Å². The average Bonchev–Trinajstić information content (AvgIpc) is 2.91. The Labute approximate surface area is 151 Å². The van der Waals surface area contributed by atoms with Gasteiger partial charge in [-0.2, -0.15) is 0 Å². The van der Waals surface area contributed by atoms with E-state index in [0.29, 0.717) is 12.0 Å². The van der Waals surface area contributed by atoms with E-state index >= 15 is 0 Å². The third kappa shape index (κ3) is 6.32. The Hall–Kier alpha value is -2.68. The smallest absolute Gasteiger partial charge is 0.286 e. The normalized spacial score (nSPS) is 18.8. The third-order valence-electron chi connectivity index (χ3n) is 3.78. The molecule has 26 heavy (non-hydrogen) atoms. The average molecular weight is 379 g/mol. The maximum atomic E-state index is 12.2. The molecule has 1 aromatic carbocycles. The van der Waals surface area contributed by atoms with Gasteiger partial charge in [-0.25, -0.2) is 8.42 Å². The first-order chi connectivity index (χ1) is 12.2. The summed E-state index contributed by atoms with van der Waals surface area (Å²) in [7, 11) is -3.06. The zero-order valence-corrected chi connectivity index (χ0v) is 15.1. The van der Waals surface area contributed by atoms with Crippen LogP contribution in [0.4, 0.5) is 0 Å². The highest BCUT2D eigenvalue weighted by atomic mass is 32.2. The van der Waals surface area contributed by atoms with Crippen LogP contribution in [0.3, 0.4) is 0 Å². The zero-order chi connectivity index (χ0) is 19.2. The number of hydrazine groups is 1. The van der Waals surface area contributed by atoms with Gasteiger partial charge in [-0.1, -0.05) is 30.3 Å². The summed E-state index contributed by atoms with van der Waals surface area (Å²) in [5, 5.41) is 2.42. The Morgan fingerprint density at radius 2 is 1.85 bits per heavy atom. The topological polar surface area (TPSA) is 121 Å². The van der Waals surface area contributed by atoms with Crippen LogP contribution in [-0.2, 0) is 24.2 Å². The molecule has 3 N–H and O–H groups in total. The first kappa shape index (κ1) is 19.6. The second kappa shape index (κ2) is 8.61.